The minimum absolute atomic E-state index is 0.153. The van der Waals surface area contributed by atoms with Gasteiger partial charge in [0.05, 0.1) is 0 Å². The monoisotopic (exact) mass is 366 g/mol. The fraction of sp³-hybridized carbons (Fsp3) is 0.905. The van der Waals surface area contributed by atoms with Crippen LogP contribution in [0.25, 0.3) is 0 Å². The number of ketones is 1. The van der Waals surface area contributed by atoms with E-state index in [9.17, 15) is 14.0 Å². The van der Waals surface area contributed by atoms with Crippen molar-refractivity contribution in [1.29, 1.82) is 0 Å². The van der Waals surface area contributed by atoms with Gasteiger partial charge in [0, 0.05) is 38.4 Å². The van der Waals surface area contributed by atoms with Gasteiger partial charge in [0.1, 0.15) is 12.0 Å². The molecule has 148 valence electrons. The summed E-state index contributed by atoms with van der Waals surface area (Å²) in [5.74, 6) is 1.14. The van der Waals surface area contributed by atoms with Crippen LogP contribution in [-0.2, 0) is 9.59 Å². The smallest absolute Gasteiger partial charge is 0.219 e. The van der Waals surface area contributed by atoms with Gasteiger partial charge in [0.2, 0.25) is 5.91 Å². The summed E-state index contributed by atoms with van der Waals surface area (Å²) >= 11 is 0. The van der Waals surface area contributed by atoms with Crippen molar-refractivity contribution >= 4 is 11.7 Å². The number of hydrogen-bond acceptors (Lipinski definition) is 3. The summed E-state index contributed by atoms with van der Waals surface area (Å²) < 4.78 is 13.7. The van der Waals surface area contributed by atoms with Crippen LogP contribution in [0.1, 0.15) is 77.6 Å². The van der Waals surface area contributed by atoms with Crippen LogP contribution in [0, 0.1) is 5.92 Å². The van der Waals surface area contributed by atoms with E-state index in [0.29, 0.717) is 30.6 Å². The molecule has 0 aromatic heterocycles. The second-order valence-electron chi connectivity index (χ2n) is 8.68. The molecule has 2 atom stereocenters. The Balaban J connectivity index is 1.48. The molecule has 3 rings (SSSR count). The lowest BCUT2D eigenvalue weighted by Gasteiger charge is -2.41. The number of alkyl halides is 1. The Hall–Kier alpha value is -0.970. The average molecular weight is 367 g/mol. The van der Waals surface area contributed by atoms with E-state index in [4.69, 9.17) is 0 Å². The SMILES string of the molecule is CC(=O)N(CC1CCN(C2CCC(=O)CC2)CC1)C1CCCC(F)CC1. The predicted molar refractivity (Wildman–Crippen MR) is 101 cm³/mol. The normalized spacial score (nSPS) is 30.2. The molecule has 2 unspecified atom stereocenters. The maximum atomic E-state index is 13.7. The Bertz CT molecular complexity index is 480. The fourth-order valence-corrected chi connectivity index (χ4v) is 5.15. The molecule has 3 aliphatic rings. The van der Waals surface area contributed by atoms with Crippen molar-refractivity contribution in [2.24, 2.45) is 5.92 Å². The number of halogens is 1. The molecule has 2 aliphatic carbocycles. The maximum absolute atomic E-state index is 13.7. The highest BCUT2D eigenvalue weighted by Gasteiger charge is 2.31. The number of Topliss-reactive ketones (excluding diaryl/α,β-unsaturated/α-hetero) is 1. The van der Waals surface area contributed by atoms with Crippen LogP contribution in [0.4, 0.5) is 4.39 Å². The van der Waals surface area contributed by atoms with Gasteiger partial charge in [-0.15, -0.1) is 0 Å². The number of nitrogens with zero attached hydrogens (tertiary/aromatic N) is 2. The van der Waals surface area contributed by atoms with E-state index in [0.717, 1.165) is 77.4 Å². The summed E-state index contributed by atoms with van der Waals surface area (Å²) in [6.45, 7) is 4.69. The standard InChI is InChI=1S/C21H35FN2O2/c1-16(25)24(20-4-2-3-18(22)5-6-20)15-17-11-13-23(14-12-17)19-7-9-21(26)10-8-19/h17-20H,2-15H2,1H3. The molecule has 2 saturated carbocycles. The molecule has 5 heteroatoms. The summed E-state index contributed by atoms with van der Waals surface area (Å²) in [7, 11) is 0. The predicted octanol–water partition coefficient (Wildman–Crippen LogP) is 3.73. The number of hydrogen-bond donors (Lipinski definition) is 0. The van der Waals surface area contributed by atoms with Gasteiger partial charge in [0.25, 0.3) is 0 Å². The largest absolute Gasteiger partial charge is 0.340 e. The first kappa shape index (κ1) is 19.8. The fourth-order valence-electron chi connectivity index (χ4n) is 5.15. The lowest BCUT2D eigenvalue weighted by molar-refractivity contribution is -0.132. The van der Waals surface area contributed by atoms with Gasteiger partial charge in [-0.25, -0.2) is 4.39 Å². The molecule has 3 fully saturated rings. The van der Waals surface area contributed by atoms with Crippen molar-refractivity contribution < 1.29 is 14.0 Å². The van der Waals surface area contributed by atoms with Crippen LogP contribution >= 0.6 is 0 Å². The number of likely N-dealkylation sites (tertiary alicyclic amines) is 1. The van der Waals surface area contributed by atoms with Gasteiger partial charge >= 0.3 is 0 Å². The highest BCUT2D eigenvalue weighted by atomic mass is 19.1. The zero-order valence-corrected chi connectivity index (χ0v) is 16.3. The third-order valence-corrected chi connectivity index (χ3v) is 6.85. The van der Waals surface area contributed by atoms with Crippen LogP contribution in [0.15, 0.2) is 0 Å². The molecule has 1 aliphatic heterocycles. The summed E-state index contributed by atoms with van der Waals surface area (Å²) in [5.41, 5.74) is 0. The molecule has 1 amide bonds. The molecule has 0 N–H and O–H groups in total. The zero-order chi connectivity index (χ0) is 18.5. The van der Waals surface area contributed by atoms with Gasteiger partial charge in [-0.3, -0.25) is 9.59 Å². The Morgan fingerprint density at radius 3 is 2.38 bits per heavy atom. The molecule has 0 spiro atoms. The van der Waals surface area contributed by atoms with E-state index in [1.807, 2.05) is 0 Å². The Morgan fingerprint density at radius 2 is 1.73 bits per heavy atom. The van der Waals surface area contributed by atoms with Crippen LogP contribution in [0.5, 0.6) is 0 Å². The summed E-state index contributed by atoms with van der Waals surface area (Å²) in [5, 5.41) is 0. The molecule has 4 nitrogen and oxygen atoms in total. The number of carbonyl (C=O) groups excluding carboxylic acids is 2. The third-order valence-electron chi connectivity index (χ3n) is 6.85. The molecular weight excluding hydrogens is 331 g/mol. The molecular formula is C21H35FN2O2. The minimum Gasteiger partial charge on any atom is -0.340 e. The van der Waals surface area contributed by atoms with Crippen LogP contribution < -0.4 is 0 Å². The number of amides is 1. The summed E-state index contributed by atoms with van der Waals surface area (Å²) in [4.78, 5) is 28.3. The Labute approximate surface area is 157 Å². The maximum Gasteiger partial charge on any atom is 0.219 e. The molecule has 1 saturated heterocycles. The van der Waals surface area contributed by atoms with Crippen molar-refractivity contribution in [2.75, 3.05) is 19.6 Å². The number of carbonyl (C=O) groups is 2. The zero-order valence-electron chi connectivity index (χ0n) is 16.3. The minimum atomic E-state index is -0.681. The second kappa shape index (κ2) is 9.29. The van der Waals surface area contributed by atoms with Gasteiger partial charge in [-0.2, -0.15) is 0 Å². The quantitative estimate of drug-likeness (QED) is 0.712. The Kier molecular flexibility index (Phi) is 7.07. The van der Waals surface area contributed by atoms with Crippen molar-refractivity contribution in [3.8, 4) is 0 Å². The van der Waals surface area contributed by atoms with Crippen molar-refractivity contribution in [3.05, 3.63) is 0 Å². The van der Waals surface area contributed by atoms with Crippen LogP contribution in [0.2, 0.25) is 0 Å². The average Bonchev–Trinajstić information content (AvgIpc) is 2.85. The van der Waals surface area contributed by atoms with Gasteiger partial charge in [-0.1, -0.05) is 0 Å². The van der Waals surface area contributed by atoms with Crippen LogP contribution in [0.3, 0.4) is 0 Å². The first-order valence-corrected chi connectivity index (χ1v) is 10.7. The summed E-state index contributed by atoms with van der Waals surface area (Å²) in [6.07, 6.45) is 9.06. The lowest BCUT2D eigenvalue weighted by atomic mass is 9.89. The first-order chi connectivity index (χ1) is 12.5. The second-order valence-corrected chi connectivity index (χ2v) is 8.68. The molecule has 0 radical (unpaired) electrons. The lowest BCUT2D eigenvalue weighted by Crippen LogP contribution is -2.47. The molecule has 0 aromatic rings. The summed E-state index contributed by atoms with van der Waals surface area (Å²) in [6, 6.07) is 0.816. The van der Waals surface area contributed by atoms with Gasteiger partial charge in [0.15, 0.2) is 0 Å². The number of rotatable bonds is 4. The van der Waals surface area contributed by atoms with E-state index >= 15 is 0 Å². The molecule has 0 bridgehead atoms. The van der Waals surface area contributed by atoms with E-state index in [2.05, 4.69) is 9.80 Å². The molecule has 1 heterocycles. The van der Waals surface area contributed by atoms with Gasteiger partial charge < -0.3 is 9.80 Å². The van der Waals surface area contributed by atoms with Gasteiger partial charge in [-0.05, 0) is 76.8 Å². The molecule has 26 heavy (non-hydrogen) atoms. The topological polar surface area (TPSA) is 40.6 Å². The number of piperidine rings is 1. The van der Waals surface area contributed by atoms with E-state index in [1.54, 1.807) is 6.92 Å². The van der Waals surface area contributed by atoms with Crippen molar-refractivity contribution in [3.63, 3.8) is 0 Å². The van der Waals surface area contributed by atoms with E-state index in [1.165, 1.54) is 0 Å². The molecule has 0 aromatic carbocycles. The van der Waals surface area contributed by atoms with E-state index in [-0.39, 0.29) is 11.9 Å². The van der Waals surface area contributed by atoms with Crippen LogP contribution in [-0.4, -0.2) is 59.4 Å². The highest BCUT2D eigenvalue weighted by Crippen LogP contribution is 2.29. The third kappa shape index (κ3) is 5.28. The first-order valence-electron chi connectivity index (χ1n) is 10.7. The van der Waals surface area contributed by atoms with E-state index < -0.39 is 6.17 Å². The highest BCUT2D eigenvalue weighted by molar-refractivity contribution is 5.79. The van der Waals surface area contributed by atoms with Crippen molar-refractivity contribution in [2.45, 2.75) is 95.8 Å². The Morgan fingerprint density at radius 1 is 1.04 bits per heavy atom. The van der Waals surface area contributed by atoms with Crippen molar-refractivity contribution in [1.82, 2.24) is 9.80 Å².